The van der Waals surface area contributed by atoms with Gasteiger partial charge in [0, 0.05) is 12.5 Å². The molecule has 1 aromatic carbocycles. The van der Waals surface area contributed by atoms with E-state index in [4.69, 9.17) is 12.3 Å². The molecule has 0 bridgehead atoms. The van der Waals surface area contributed by atoms with E-state index in [1.54, 1.807) is 0 Å². The van der Waals surface area contributed by atoms with E-state index in [2.05, 4.69) is 44.3 Å². The van der Waals surface area contributed by atoms with Crippen molar-refractivity contribution in [3.8, 4) is 12.3 Å². The smallest absolute Gasteiger partial charge is 0.0474 e. The minimum atomic E-state index is 0.150. The lowest BCUT2D eigenvalue weighted by Crippen LogP contribution is -2.29. The van der Waals surface area contributed by atoms with Gasteiger partial charge in [0.15, 0.2) is 0 Å². The van der Waals surface area contributed by atoms with Gasteiger partial charge in [-0.25, -0.2) is 0 Å². The van der Waals surface area contributed by atoms with Crippen molar-refractivity contribution in [2.45, 2.75) is 39.7 Å². The van der Waals surface area contributed by atoms with Gasteiger partial charge in [-0.15, -0.1) is 12.3 Å². The molecule has 16 heavy (non-hydrogen) atoms. The minimum Gasteiger partial charge on any atom is -0.271 e. The van der Waals surface area contributed by atoms with Gasteiger partial charge in [0.1, 0.15) is 0 Å². The Bertz CT molecular complexity index is 379. The van der Waals surface area contributed by atoms with Crippen LogP contribution >= 0.6 is 0 Å². The van der Waals surface area contributed by atoms with Crippen LogP contribution in [0.15, 0.2) is 12.1 Å². The van der Waals surface area contributed by atoms with E-state index in [9.17, 15) is 0 Å². The topological polar surface area (TPSA) is 38.0 Å². The summed E-state index contributed by atoms with van der Waals surface area (Å²) in [5, 5.41) is 0. The quantitative estimate of drug-likeness (QED) is 0.461. The maximum Gasteiger partial charge on any atom is 0.0474 e. The molecule has 0 fully saturated rings. The van der Waals surface area contributed by atoms with Crippen LogP contribution in [-0.2, 0) is 0 Å². The van der Waals surface area contributed by atoms with Crippen LogP contribution in [0.1, 0.15) is 41.1 Å². The molecule has 0 saturated heterocycles. The molecule has 1 unspecified atom stereocenters. The average molecular weight is 216 g/mol. The van der Waals surface area contributed by atoms with E-state index in [-0.39, 0.29) is 6.04 Å². The molecule has 0 aliphatic heterocycles. The van der Waals surface area contributed by atoms with Gasteiger partial charge in [0.25, 0.3) is 0 Å². The molecule has 1 aromatic rings. The number of terminal acetylenes is 1. The summed E-state index contributed by atoms with van der Waals surface area (Å²) < 4.78 is 0. The second kappa shape index (κ2) is 5.69. The molecule has 3 N–H and O–H groups in total. The standard InChI is InChI=1S/C14H20N2/c1-5-6-7-13(16-15)14-11(3)8-10(2)9-12(14)4/h1,8-9,13,16H,6-7,15H2,2-4H3. The Hall–Kier alpha value is -1.30. The molecular weight excluding hydrogens is 196 g/mol. The van der Waals surface area contributed by atoms with E-state index in [1.807, 2.05) is 0 Å². The van der Waals surface area contributed by atoms with E-state index >= 15 is 0 Å². The summed E-state index contributed by atoms with van der Waals surface area (Å²) >= 11 is 0. The Morgan fingerprint density at radius 3 is 2.31 bits per heavy atom. The third kappa shape index (κ3) is 2.85. The number of hydrogen-bond acceptors (Lipinski definition) is 2. The first kappa shape index (κ1) is 12.8. The molecule has 86 valence electrons. The predicted molar refractivity (Wildman–Crippen MR) is 68.8 cm³/mol. The first-order valence-corrected chi connectivity index (χ1v) is 5.57. The second-order valence-corrected chi connectivity index (χ2v) is 4.27. The van der Waals surface area contributed by atoms with Gasteiger partial charge in [0.2, 0.25) is 0 Å². The zero-order chi connectivity index (χ0) is 12.1. The number of aryl methyl sites for hydroxylation is 3. The van der Waals surface area contributed by atoms with Gasteiger partial charge >= 0.3 is 0 Å². The third-order valence-corrected chi connectivity index (χ3v) is 2.87. The lowest BCUT2D eigenvalue weighted by Gasteiger charge is -2.20. The molecule has 0 radical (unpaired) electrons. The van der Waals surface area contributed by atoms with E-state index in [0.29, 0.717) is 0 Å². The highest BCUT2D eigenvalue weighted by molar-refractivity contribution is 5.39. The van der Waals surface area contributed by atoms with Gasteiger partial charge in [-0.2, -0.15) is 0 Å². The van der Waals surface area contributed by atoms with Crippen LogP contribution in [0, 0.1) is 33.1 Å². The lowest BCUT2D eigenvalue weighted by molar-refractivity contribution is 0.519. The zero-order valence-electron chi connectivity index (χ0n) is 10.3. The summed E-state index contributed by atoms with van der Waals surface area (Å²) in [7, 11) is 0. The molecule has 0 aliphatic carbocycles. The van der Waals surface area contributed by atoms with Gasteiger partial charge in [-0.3, -0.25) is 11.3 Å². The number of nitrogens with one attached hydrogen (secondary N) is 1. The molecule has 1 atom stereocenters. The number of benzene rings is 1. The molecule has 0 spiro atoms. The van der Waals surface area contributed by atoms with Crippen LogP contribution in [0.2, 0.25) is 0 Å². The highest BCUT2D eigenvalue weighted by Crippen LogP contribution is 2.26. The number of hydrogen-bond donors (Lipinski definition) is 2. The summed E-state index contributed by atoms with van der Waals surface area (Å²) in [6, 6.07) is 4.52. The normalized spacial score (nSPS) is 12.2. The fourth-order valence-corrected chi connectivity index (χ4v) is 2.28. The summed E-state index contributed by atoms with van der Waals surface area (Å²) in [5.74, 6) is 8.26. The molecule has 2 heteroatoms. The first-order valence-electron chi connectivity index (χ1n) is 5.57. The highest BCUT2D eigenvalue weighted by atomic mass is 15.2. The zero-order valence-corrected chi connectivity index (χ0v) is 10.3. The van der Waals surface area contributed by atoms with Crippen molar-refractivity contribution >= 4 is 0 Å². The minimum absolute atomic E-state index is 0.150. The Kier molecular flexibility index (Phi) is 4.54. The summed E-state index contributed by atoms with van der Waals surface area (Å²) in [6.07, 6.45) is 6.90. The average Bonchev–Trinajstić information content (AvgIpc) is 2.21. The Morgan fingerprint density at radius 2 is 1.88 bits per heavy atom. The Morgan fingerprint density at radius 1 is 1.31 bits per heavy atom. The number of nitrogens with two attached hydrogens (primary N) is 1. The molecule has 0 heterocycles. The molecule has 0 amide bonds. The van der Waals surface area contributed by atoms with Crippen LogP contribution in [-0.4, -0.2) is 0 Å². The van der Waals surface area contributed by atoms with Gasteiger partial charge < -0.3 is 0 Å². The molecule has 1 rings (SSSR count). The Labute approximate surface area is 98.2 Å². The van der Waals surface area contributed by atoms with Crippen molar-refractivity contribution in [3.05, 3.63) is 34.4 Å². The van der Waals surface area contributed by atoms with Crippen molar-refractivity contribution in [3.63, 3.8) is 0 Å². The lowest BCUT2D eigenvalue weighted by atomic mass is 9.92. The summed E-state index contributed by atoms with van der Waals surface area (Å²) in [6.45, 7) is 6.35. The Balaban J connectivity index is 3.05. The number of hydrazine groups is 1. The molecule has 0 aliphatic rings. The summed E-state index contributed by atoms with van der Waals surface area (Å²) in [4.78, 5) is 0. The highest BCUT2D eigenvalue weighted by Gasteiger charge is 2.14. The van der Waals surface area contributed by atoms with Crippen molar-refractivity contribution in [2.24, 2.45) is 5.84 Å². The van der Waals surface area contributed by atoms with Crippen molar-refractivity contribution in [1.29, 1.82) is 0 Å². The maximum absolute atomic E-state index is 5.60. The van der Waals surface area contributed by atoms with E-state index < -0.39 is 0 Å². The second-order valence-electron chi connectivity index (χ2n) is 4.27. The van der Waals surface area contributed by atoms with E-state index in [1.165, 1.54) is 22.3 Å². The summed E-state index contributed by atoms with van der Waals surface area (Å²) in [5.41, 5.74) is 7.97. The van der Waals surface area contributed by atoms with Crippen LogP contribution in [0.5, 0.6) is 0 Å². The molecule has 0 aromatic heterocycles. The maximum atomic E-state index is 5.60. The van der Waals surface area contributed by atoms with Crippen molar-refractivity contribution in [2.75, 3.05) is 0 Å². The fourth-order valence-electron chi connectivity index (χ4n) is 2.28. The van der Waals surface area contributed by atoms with Gasteiger partial charge in [-0.05, 0) is 43.9 Å². The van der Waals surface area contributed by atoms with Crippen molar-refractivity contribution < 1.29 is 0 Å². The monoisotopic (exact) mass is 216 g/mol. The van der Waals surface area contributed by atoms with Crippen LogP contribution in [0.4, 0.5) is 0 Å². The van der Waals surface area contributed by atoms with E-state index in [0.717, 1.165) is 12.8 Å². The SMILES string of the molecule is C#CCCC(NN)c1c(C)cc(C)cc1C. The van der Waals surface area contributed by atoms with Crippen LogP contribution in [0.3, 0.4) is 0 Å². The fraction of sp³-hybridized carbons (Fsp3) is 0.429. The van der Waals surface area contributed by atoms with Gasteiger partial charge in [0.05, 0.1) is 0 Å². The van der Waals surface area contributed by atoms with Crippen LogP contribution in [0.25, 0.3) is 0 Å². The predicted octanol–water partition coefficient (Wildman–Crippen LogP) is 2.53. The third-order valence-electron chi connectivity index (χ3n) is 2.87. The largest absolute Gasteiger partial charge is 0.271 e. The first-order chi connectivity index (χ1) is 7.60. The number of rotatable bonds is 4. The molecule has 0 saturated carbocycles. The van der Waals surface area contributed by atoms with Crippen LogP contribution < -0.4 is 11.3 Å². The molecule has 2 nitrogen and oxygen atoms in total. The molecular formula is C14H20N2. The van der Waals surface area contributed by atoms with Gasteiger partial charge in [-0.1, -0.05) is 17.7 Å². The van der Waals surface area contributed by atoms with Crippen molar-refractivity contribution in [1.82, 2.24) is 5.43 Å².